The van der Waals surface area contributed by atoms with E-state index in [1.807, 2.05) is 24.3 Å². The molecule has 0 aliphatic heterocycles. The summed E-state index contributed by atoms with van der Waals surface area (Å²) in [6, 6.07) is 13.6. The van der Waals surface area contributed by atoms with Crippen molar-refractivity contribution in [1.29, 1.82) is 0 Å². The van der Waals surface area contributed by atoms with Crippen molar-refractivity contribution in [3.05, 3.63) is 78.0 Å². The Morgan fingerprint density at radius 1 is 0.962 bits per heavy atom. The zero-order valence-electron chi connectivity index (χ0n) is 13.8. The first kappa shape index (κ1) is 17.3. The highest BCUT2D eigenvalue weighted by atomic mass is 19.2. The number of pyridine rings is 1. The molecular weight excluding hydrogens is 340 g/mol. The molecule has 132 valence electrons. The summed E-state index contributed by atoms with van der Waals surface area (Å²) in [5.41, 5.74) is 1.28. The number of benzene rings is 2. The molecule has 5 nitrogen and oxygen atoms in total. The topological polar surface area (TPSA) is 63.2 Å². The van der Waals surface area contributed by atoms with Gasteiger partial charge < -0.3 is 15.4 Å². The third-order valence-corrected chi connectivity index (χ3v) is 3.57. The first-order valence-electron chi connectivity index (χ1n) is 7.69. The fourth-order valence-corrected chi connectivity index (χ4v) is 2.20. The van der Waals surface area contributed by atoms with Crippen molar-refractivity contribution in [2.75, 3.05) is 17.7 Å². The van der Waals surface area contributed by atoms with Gasteiger partial charge >= 0.3 is 0 Å². The van der Waals surface area contributed by atoms with Crippen LogP contribution in [0, 0.1) is 11.6 Å². The van der Waals surface area contributed by atoms with Gasteiger partial charge in [-0.15, -0.1) is 0 Å². The molecule has 0 aliphatic rings. The van der Waals surface area contributed by atoms with Crippen molar-refractivity contribution < 1.29 is 18.3 Å². The van der Waals surface area contributed by atoms with Crippen LogP contribution in [0.3, 0.4) is 0 Å². The second kappa shape index (κ2) is 7.60. The smallest absolute Gasteiger partial charge is 0.255 e. The summed E-state index contributed by atoms with van der Waals surface area (Å²) in [7, 11) is 1.59. The van der Waals surface area contributed by atoms with Gasteiger partial charge in [-0.1, -0.05) is 0 Å². The maximum Gasteiger partial charge on any atom is 0.255 e. The van der Waals surface area contributed by atoms with Gasteiger partial charge in [0.25, 0.3) is 5.91 Å². The lowest BCUT2D eigenvalue weighted by Gasteiger charge is -2.09. The third-order valence-electron chi connectivity index (χ3n) is 3.57. The van der Waals surface area contributed by atoms with Gasteiger partial charge in [-0.2, -0.15) is 0 Å². The van der Waals surface area contributed by atoms with Crippen molar-refractivity contribution in [1.82, 2.24) is 4.98 Å². The maximum atomic E-state index is 13.2. The van der Waals surface area contributed by atoms with Crippen molar-refractivity contribution in [2.24, 2.45) is 0 Å². The van der Waals surface area contributed by atoms with E-state index in [2.05, 4.69) is 15.6 Å². The lowest BCUT2D eigenvalue weighted by Crippen LogP contribution is -2.12. The Kier molecular flexibility index (Phi) is 5.07. The van der Waals surface area contributed by atoms with Crippen LogP contribution < -0.4 is 15.4 Å². The molecule has 0 aliphatic carbocycles. The van der Waals surface area contributed by atoms with Crippen LogP contribution in [0.2, 0.25) is 0 Å². The van der Waals surface area contributed by atoms with Crippen LogP contribution in [0.25, 0.3) is 0 Å². The molecule has 26 heavy (non-hydrogen) atoms. The highest BCUT2D eigenvalue weighted by Gasteiger charge is 2.10. The molecule has 7 heteroatoms. The predicted octanol–water partition coefficient (Wildman–Crippen LogP) is 4.36. The summed E-state index contributed by atoms with van der Waals surface area (Å²) in [6.07, 6.45) is 1.46. The lowest BCUT2D eigenvalue weighted by molar-refractivity contribution is 0.102. The van der Waals surface area contributed by atoms with Gasteiger partial charge in [-0.25, -0.2) is 13.8 Å². The molecule has 0 fully saturated rings. The van der Waals surface area contributed by atoms with Gasteiger partial charge in [0.05, 0.1) is 19.0 Å². The Morgan fingerprint density at radius 3 is 2.31 bits per heavy atom. The molecule has 3 aromatic rings. The molecule has 2 aromatic carbocycles. The van der Waals surface area contributed by atoms with Crippen LogP contribution in [0.1, 0.15) is 10.4 Å². The largest absolute Gasteiger partial charge is 0.497 e. The highest BCUT2D eigenvalue weighted by molar-refractivity contribution is 6.04. The Labute approximate surface area is 148 Å². The third kappa shape index (κ3) is 4.13. The van der Waals surface area contributed by atoms with E-state index < -0.39 is 17.5 Å². The minimum atomic E-state index is -1.07. The van der Waals surface area contributed by atoms with Crippen molar-refractivity contribution in [3.8, 4) is 5.75 Å². The number of hydrogen-bond acceptors (Lipinski definition) is 4. The number of halogens is 2. The minimum Gasteiger partial charge on any atom is -0.497 e. The van der Waals surface area contributed by atoms with Crippen molar-refractivity contribution >= 4 is 23.1 Å². The fraction of sp³-hybridized carbons (Fsp3) is 0.0526. The number of nitrogens with one attached hydrogen (secondary N) is 2. The summed E-state index contributed by atoms with van der Waals surface area (Å²) in [4.78, 5) is 16.3. The van der Waals surface area contributed by atoms with E-state index in [0.717, 1.165) is 23.6 Å². The van der Waals surface area contributed by atoms with Crippen LogP contribution in [-0.4, -0.2) is 18.0 Å². The number of ether oxygens (including phenoxy) is 1. The molecule has 0 spiro atoms. The summed E-state index contributed by atoms with van der Waals surface area (Å²) < 4.78 is 31.2. The lowest BCUT2D eigenvalue weighted by atomic mass is 10.2. The van der Waals surface area contributed by atoms with Crippen molar-refractivity contribution in [2.45, 2.75) is 0 Å². The second-order valence-corrected chi connectivity index (χ2v) is 5.37. The quantitative estimate of drug-likeness (QED) is 0.714. The molecule has 1 aromatic heterocycles. The van der Waals surface area contributed by atoms with Crippen molar-refractivity contribution in [3.63, 3.8) is 0 Å². The van der Waals surface area contributed by atoms with Crippen LogP contribution in [-0.2, 0) is 0 Å². The first-order valence-corrected chi connectivity index (χ1v) is 7.69. The van der Waals surface area contributed by atoms with Gasteiger partial charge in [0.15, 0.2) is 11.6 Å². The molecule has 1 heterocycles. The Balaban J connectivity index is 1.65. The number of amides is 1. The normalized spacial score (nSPS) is 10.3. The molecular formula is C19H15F2N3O2. The molecule has 0 saturated heterocycles. The van der Waals surface area contributed by atoms with E-state index in [-0.39, 0.29) is 5.56 Å². The van der Waals surface area contributed by atoms with Crippen LogP contribution in [0.15, 0.2) is 60.8 Å². The average molecular weight is 355 g/mol. The highest BCUT2D eigenvalue weighted by Crippen LogP contribution is 2.20. The second-order valence-electron chi connectivity index (χ2n) is 5.37. The molecule has 0 atom stereocenters. The average Bonchev–Trinajstić information content (AvgIpc) is 2.66. The van der Waals surface area contributed by atoms with Gasteiger partial charge in [-0.05, 0) is 54.6 Å². The zero-order valence-corrected chi connectivity index (χ0v) is 13.8. The van der Waals surface area contributed by atoms with E-state index in [9.17, 15) is 13.6 Å². The zero-order chi connectivity index (χ0) is 18.5. The van der Waals surface area contributed by atoms with E-state index in [4.69, 9.17) is 4.74 Å². The first-order chi connectivity index (χ1) is 12.5. The standard InChI is InChI=1S/C19H15F2N3O2/c1-26-15-6-3-13(4-7-15)23-18-9-5-14(11-22-18)24-19(25)12-2-8-16(20)17(21)10-12/h2-11H,1H3,(H,22,23)(H,24,25). The van der Waals surface area contributed by atoms with Gasteiger partial charge in [0.1, 0.15) is 11.6 Å². The molecule has 0 bridgehead atoms. The van der Waals surface area contributed by atoms with Gasteiger partial charge in [0.2, 0.25) is 0 Å². The monoisotopic (exact) mass is 355 g/mol. The number of carbonyl (C=O) groups is 1. The molecule has 1 amide bonds. The van der Waals surface area contributed by atoms with Gasteiger partial charge in [-0.3, -0.25) is 4.79 Å². The Morgan fingerprint density at radius 2 is 1.69 bits per heavy atom. The molecule has 0 radical (unpaired) electrons. The van der Waals surface area contributed by atoms with E-state index in [1.165, 1.54) is 12.3 Å². The molecule has 0 saturated carbocycles. The summed E-state index contributed by atoms with van der Waals surface area (Å²) in [6.45, 7) is 0. The Hall–Kier alpha value is -3.48. The number of nitrogens with zero attached hydrogens (tertiary/aromatic N) is 1. The van der Waals surface area contributed by atoms with Crippen LogP contribution in [0.5, 0.6) is 5.75 Å². The predicted molar refractivity (Wildman–Crippen MR) is 94.8 cm³/mol. The maximum absolute atomic E-state index is 13.2. The summed E-state index contributed by atoms with van der Waals surface area (Å²) >= 11 is 0. The number of aromatic nitrogens is 1. The number of hydrogen-bond donors (Lipinski definition) is 2. The van der Waals surface area contributed by atoms with E-state index in [1.54, 1.807) is 19.2 Å². The number of rotatable bonds is 5. The van der Waals surface area contributed by atoms with Crippen LogP contribution >= 0.6 is 0 Å². The molecule has 0 unspecified atom stereocenters. The summed E-state index contributed by atoms with van der Waals surface area (Å²) in [5, 5.41) is 5.69. The van der Waals surface area contributed by atoms with E-state index >= 15 is 0 Å². The SMILES string of the molecule is COc1ccc(Nc2ccc(NC(=O)c3ccc(F)c(F)c3)cn2)cc1. The van der Waals surface area contributed by atoms with Gasteiger partial charge in [0, 0.05) is 11.3 Å². The summed E-state index contributed by atoms with van der Waals surface area (Å²) in [5.74, 6) is -1.30. The fourth-order valence-electron chi connectivity index (χ4n) is 2.20. The molecule has 3 rings (SSSR count). The molecule has 2 N–H and O–H groups in total. The number of anilines is 3. The number of carbonyl (C=O) groups excluding carboxylic acids is 1. The minimum absolute atomic E-state index is 0.0179. The van der Waals surface area contributed by atoms with E-state index in [0.29, 0.717) is 11.5 Å². The van der Waals surface area contributed by atoms with Crippen LogP contribution in [0.4, 0.5) is 26.0 Å². The Bertz CT molecular complexity index is 913. The number of methoxy groups -OCH3 is 1.